The van der Waals surface area contributed by atoms with Gasteiger partial charge in [-0.1, -0.05) is 26.7 Å². The van der Waals surface area contributed by atoms with Crippen molar-refractivity contribution in [2.75, 3.05) is 5.32 Å². The van der Waals surface area contributed by atoms with Gasteiger partial charge in [0.1, 0.15) is 0 Å². The Bertz CT molecular complexity index is 365. The quantitative estimate of drug-likeness (QED) is 0.831. The van der Waals surface area contributed by atoms with Gasteiger partial charge in [0.25, 0.3) is 0 Å². The average Bonchev–Trinajstić information content (AvgIpc) is 2.53. The maximum absolute atomic E-state index is 4.28. The Morgan fingerprint density at radius 3 is 2.75 bits per heavy atom. The first-order valence-electron chi connectivity index (χ1n) is 6.26. The third-order valence-electron chi connectivity index (χ3n) is 4.07. The highest BCUT2D eigenvalue weighted by Crippen LogP contribution is 2.37. The minimum Gasteiger partial charge on any atom is -0.379 e. The van der Waals surface area contributed by atoms with E-state index in [1.54, 1.807) is 0 Å². The third kappa shape index (κ3) is 2.08. The molecule has 0 spiro atoms. The Labute approximate surface area is 98.2 Å². The summed E-state index contributed by atoms with van der Waals surface area (Å²) in [7, 11) is 1.99. The van der Waals surface area contributed by atoms with Gasteiger partial charge in [-0.05, 0) is 25.2 Å². The number of anilines is 1. The van der Waals surface area contributed by atoms with Gasteiger partial charge in [0.2, 0.25) is 0 Å². The SMILES string of the molecule is Cc1c(NC2CCCCC2(C)C)cnn1C. The molecule has 1 fully saturated rings. The molecule has 2 rings (SSSR count). The summed E-state index contributed by atoms with van der Waals surface area (Å²) in [5, 5.41) is 7.96. The fourth-order valence-corrected chi connectivity index (χ4v) is 2.59. The summed E-state index contributed by atoms with van der Waals surface area (Å²) >= 11 is 0. The first-order valence-corrected chi connectivity index (χ1v) is 6.26. The van der Waals surface area contributed by atoms with Crippen molar-refractivity contribution in [2.45, 2.75) is 52.5 Å². The summed E-state index contributed by atoms with van der Waals surface area (Å²) in [6.45, 7) is 6.86. The van der Waals surface area contributed by atoms with Crippen LogP contribution in [0.5, 0.6) is 0 Å². The minimum absolute atomic E-state index is 0.403. The van der Waals surface area contributed by atoms with Crippen molar-refractivity contribution in [3.05, 3.63) is 11.9 Å². The summed E-state index contributed by atoms with van der Waals surface area (Å²) in [5.74, 6) is 0. The zero-order valence-electron chi connectivity index (χ0n) is 10.9. The fraction of sp³-hybridized carbons (Fsp3) is 0.769. The van der Waals surface area contributed by atoms with Crippen LogP contribution in [0, 0.1) is 12.3 Å². The number of aryl methyl sites for hydroxylation is 1. The van der Waals surface area contributed by atoms with Crippen LogP contribution in [-0.4, -0.2) is 15.8 Å². The summed E-state index contributed by atoms with van der Waals surface area (Å²) < 4.78 is 1.93. The Hall–Kier alpha value is -0.990. The number of rotatable bonds is 2. The van der Waals surface area contributed by atoms with Crippen LogP contribution < -0.4 is 5.32 Å². The minimum atomic E-state index is 0.403. The Morgan fingerprint density at radius 1 is 1.44 bits per heavy atom. The molecule has 1 heterocycles. The number of nitrogens with zero attached hydrogens (tertiary/aromatic N) is 2. The van der Waals surface area contributed by atoms with E-state index in [9.17, 15) is 0 Å². The molecule has 3 heteroatoms. The molecule has 0 radical (unpaired) electrons. The Balaban J connectivity index is 2.11. The van der Waals surface area contributed by atoms with Gasteiger partial charge < -0.3 is 5.32 Å². The lowest BCUT2D eigenvalue weighted by Gasteiger charge is -2.39. The third-order valence-corrected chi connectivity index (χ3v) is 4.07. The van der Waals surface area contributed by atoms with E-state index in [2.05, 4.69) is 31.2 Å². The molecule has 0 aromatic carbocycles. The van der Waals surface area contributed by atoms with E-state index in [1.165, 1.54) is 37.1 Å². The zero-order valence-corrected chi connectivity index (χ0v) is 10.9. The Kier molecular flexibility index (Phi) is 2.96. The van der Waals surface area contributed by atoms with Crippen molar-refractivity contribution >= 4 is 5.69 Å². The zero-order chi connectivity index (χ0) is 11.8. The van der Waals surface area contributed by atoms with E-state index in [1.807, 2.05) is 17.9 Å². The van der Waals surface area contributed by atoms with Crippen LogP contribution in [0.1, 0.15) is 45.2 Å². The molecule has 1 aliphatic carbocycles. The topological polar surface area (TPSA) is 29.9 Å². The van der Waals surface area contributed by atoms with Crippen molar-refractivity contribution in [1.29, 1.82) is 0 Å². The summed E-state index contributed by atoms with van der Waals surface area (Å²) in [4.78, 5) is 0. The van der Waals surface area contributed by atoms with Crippen LogP contribution in [0.15, 0.2) is 6.20 Å². The number of nitrogens with one attached hydrogen (secondary N) is 1. The lowest BCUT2D eigenvalue weighted by atomic mass is 9.73. The summed E-state index contributed by atoms with van der Waals surface area (Å²) in [5.41, 5.74) is 2.82. The molecular formula is C13H23N3. The predicted molar refractivity (Wildman–Crippen MR) is 67.6 cm³/mol. The molecule has 1 unspecified atom stereocenters. The van der Waals surface area contributed by atoms with Crippen LogP contribution in [0.2, 0.25) is 0 Å². The van der Waals surface area contributed by atoms with Gasteiger partial charge in [0.15, 0.2) is 0 Å². The van der Waals surface area contributed by atoms with Crippen LogP contribution in [0.3, 0.4) is 0 Å². The molecule has 1 aromatic rings. The number of hydrogen-bond acceptors (Lipinski definition) is 2. The van der Waals surface area contributed by atoms with Crippen molar-refractivity contribution < 1.29 is 0 Å². The van der Waals surface area contributed by atoms with Gasteiger partial charge in [0.05, 0.1) is 17.6 Å². The molecule has 16 heavy (non-hydrogen) atoms. The lowest BCUT2D eigenvalue weighted by Crippen LogP contribution is -2.39. The molecule has 1 atom stereocenters. The number of aromatic nitrogens is 2. The van der Waals surface area contributed by atoms with E-state index in [4.69, 9.17) is 0 Å². The summed E-state index contributed by atoms with van der Waals surface area (Å²) in [6, 6.07) is 0.587. The number of hydrogen-bond donors (Lipinski definition) is 1. The van der Waals surface area contributed by atoms with Gasteiger partial charge in [-0.3, -0.25) is 4.68 Å². The second kappa shape index (κ2) is 4.11. The van der Waals surface area contributed by atoms with Crippen molar-refractivity contribution in [2.24, 2.45) is 12.5 Å². The van der Waals surface area contributed by atoms with Gasteiger partial charge in [-0.25, -0.2) is 0 Å². The second-order valence-corrected chi connectivity index (χ2v) is 5.70. The standard InChI is InChI=1S/C13H23N3/c1-10-11(9-14-16(10)4)15-12-7-5-6-8-13(12,2)3/h9,12,15H,5-8H2,1-4H3. The highest BCUT2D eigenvalue weighted by Gasteiger charge is 2.32. The molecule has 0 amide bonds. The first-order chi connectivity index (χ1) is 7.50. The van der Waals surface area contributed by atoms with Crippen LogP contribution in [-0.2, 0) is 7.05 Å². The van der Waals surface area contributed by atoms with Crippen molar-refractivity contribution in [3.8, 4) is 0 Å². The fourth-order valence-electron chi connectivity index (χ4n) is 2.59. The smallest absolute Gasteiger partial charge is 0.0758 e. The summed E-state index contributed by atoms with van der Waals surface area (Å²) in [6.07, 6.45) is 7.27. The molecule has 1 aliphatic rings. The highest BCUT2D eigenvalue weighted by atomic mass is 15.3. The molecular weight excluding hydrogens is 198 g/mol. The largest absolute Gasteiger partial charge is 0.379 e. The molecule has 90 valence electrons. The molecule has 0 aliphatic heterocycles. The van der Waals surface area contributed by atoms with E-state index < -0.39 is 0 Å². The monoisotopic (exact) mass is 221 g/mol. The van der Waals surface area contributed by atoms with Crippen molar-refractivity contribution in [3.63, 3.8) is 0 Å². The maximum Gasteiger partial charge on any atom is 0.0758 e. The first kappa shape index (κ1) is 11.5. The average molecular weight is 221 g/mol. The van der Waals surface area contributed by atoms with E-state index in [-0.39, 0.29) is 0 Å². The van der Waals surface area contributed by atoms with Gasteiger partial charge in [0, 0.05) is 13.1 Å². The van der Waals surface area contributed by atoms with Gasteiger partial charge in [-0.15, -0.1) is 0 Å². The van der Waals surface area contributed by atoms with Crippen LogP contribution in [0.4, 0.5) is 5.69 Å². The highest BCUT2D eigenvalue weighted by molar-refractivity contribution is 5.47. The van der Waals surface area contributed by atoms with Crippen LogP contribution in [0.25, 0.3) is 0 Å². The predicted octanol–water partition coefficient (Wildman–Crippen LogP) is 3.11. The normalized spacial score (nSPS) is 24.4. The molecule has 0 bridgehead atoms. The van der Waals surface area contributed by atoms with Gasteiger partial charge in [-0.2, -0.15) is 5.10 Å². The van der Waals surface area contributed by atoms with E-state index in [0.717, 1.165) is 0 Å². The van der Waals surface area contributed by atoms with E-state index >= 15 is 0 Å². The maximum atomic E-state index is 4.28. The molecule has 3 nitrogen and oxygen atoms in total. The molecule has 1 N–H and O–H groups in total. The molecule has 0 saturated heterocycles. The second-order valence-electron chi connectivity index (χ2n) is 5.70. The van der Waals surface area contributed by atoms with Crippen molar-refractivity contribution in [1.82, 2.24) is 9.78 Å². The molecule has 1 saturated carbocycles. The van der Waals surface area contributed by atoms with E-state index in [0.29, 0.717) is 11.5 Å². The Morgan fingerprint density at radius 2 is 2.19 bits per heavy atom. The molecule has 1 aromatic heterocycles. The van der Waals surface area contributed by atoms with Gasteiger partial charge >= 0.3 is 0 Å². The van der Waals surface area contributed by atoms with Crippen LogP contribution >= 0.6 is 0 Å². The lowest BCUT2D eigenvalue weighted by molar-refractivity contribution is 0.217.